The monoisotopic (exact) mass is 254 g/mol. The molecule has 0 saturated heterocycles. The van der Waals surface area contributed by atoms with Gasteiger partial charge in [-0.3, -0.25) is 9.59 Å². The second-order valence-corrected chi connectivity index (χ2v) is 7.07. The summed E-state index contributed by atoms with van der Waals surface area (Å²) in [6.45, 7) is 0. The highest BCUT2D eigenvalue weighted by atomic mass is 16.1. The number of allylic oxidation sites excluding steroid dienone is 4. The van der Waals surface area contributed by atoms with Crippen molar-refractivity contribution in [3.63, 3.8) is 0 Å². The van der Waals surface area contributed by atoms with Crippen LogP contribution in [0.5, 0.6) is 0 Å². The van der Waals surface area contributed by atoms with Gasteiger partial charge in [-0.1, -0.05) is 0 Å². The molecule has 6 rings (SSSR count). The molecule has 0 radical (unpaired) electrons. The molecule has 0 aromatic carbocycles. The summed E-state index contributed by atoms with van der Waals surface area (Å²) in [5, 5.41) is 0. The normalized spacial score (nSPS) is 43.2. The number of ketones is 2. The zero-order chi connectivity index (χ0) is 12.7. The van der Waals surface area contributed by atoms with Gasteiger partial charge < -0.3 is 0 Å². The predicted octanol–water partition coefficient (Wildman–Crippen LogP) is 2.98. The van der Waals surface area contributed by atoms with E-state index in [1.807, 2.05) is 0 Å². The lowest BCUT2D eigenvalue weighted by Gasteiger charge is -2.42. The first kappa shape index (κ1) is 10.6. The molecule has 2 fully saturated rings. The maximum absolute atomic E-state index is 12.9. The Balaban J connectivity index is 1.72. The Kier molecular flexibility index (Phi) is 1.83. The molecule has 2 saturated carbocycles. The minimum Gasteiger partial charge on any atom is -0.289 e. The van der Waals surface area contributed by atoms with Crippen molar-refractivity contribution in [2.45, 2.75) is 44.9 Å². The highest BCUT2D eigenvalue weighted by Gasteiger charge is 2.52. The van der Waals surface area contributed by atoms with Gasteiger partial charge in [-0.15, -0.1) is 0 Å². The van der Waals surface area contributed by atoms with Crippen LogP contribution in [0.2, 0.25) is 0 Å². The predicted molar refractivity (Wildman–Crippen MR) is 70.3 cm³/mol. The third kappa shape index (κ3) is 1.11. The zero-order valence-electron chi connectivity index (χ0n) is 11.1. The molecule has 0 aromatic heterocycles. The Morgan fingerprint density at radius 2 is 0.842 bits per heavy atom. The van der Waals surface area contributed by atoms with Crippen LogP contribution >= 0.6 is 0 Å². The van der Waals surface area contributed by atoms with Gasteiger partial charge in [0.25, 0.3) is 0 Å². The molecule has 6 aliphatic carbocycles. The highest BCUT2D eigenvalue weighted by Crippen LogP contribution is 2.57. The summed E-state index contributed by atoms with van der Waals surface area (Å²) >= 11 is 0. The van der Waals surface area contributed by atoms with Gasteiger partial charge in [0.05, 0.1) is 0 Å². The Morgan fingerprint density at radius 1 is 0.526 bits per heavy atom. The largest absolute Gasteiger partial charge is 0.289 e. The van der Waals surface area contributed by atoms with Gasteiger partial charge in [0.15, 0.2) is 11.6 Å². The fraction of sp³-hybridized carbons (Fsp3) is 0.647. The number of carbonyl (C=O) groups is 2. The minimum atomic E-state index is 0.297. The molecule has 2 heteroatoms. The number of carbonyl (C=O) groups excluding carboxylic acids is 2. The van der Waals surface area contributed by atoms with Gasteiger partial charge >= 0.3 is 0 Å². The molecule has 2 nitrogen and oxygen atoms in total. The summed E-state index contributed by atoms with van der Waals surface area (Å²) in [4.78, 5) is 25.8. The molecule has 0 N–H and O–H groups in total. The molecule has 0 spiro atoms. The Labute approximate surface area is 112 Å². The molecular formula is C17H18O2. The molecular weight excluding hydrogens is 236 g/mol. The first-order valence-electron chi connectivity index (χ1n) is 7.83. The number of rotatable bonds is 0. The van der Waals surface area contributed by atoms with E-state index in [-0.39, 0.29) is 0 Å². The van der Waals surface area contributed by atoms with E-state index >= 15 is 0 Å². The lowest BCUT2D eigenvalue weighted by Crippen LogP contribution is -2.39. The first-order chi connectivity index (χ1) is 9.25. The van der Waals surface area contributed by atoms with Crippen molar-refractivity contribution in [1.82, 2.24) is 0 Å². The molecule has 2 atom stereocenters. The minimum absolute atomic E-state index is 0.297. The number of Topliss-reactive ketones (excluding diaryl/α,β-unsaturated/α-hetero) is 2. The number of hydrogen-bond donors (Lipinski definition) is 0. The quantitative estimate of drug-likeness (QED) is 0.623. The number of hydrogen-bond acceptors (Lipinski definition) is 2. The molecule has 0 amide bonds. The van der Waals surface area contributed by atoms with Crippen LogP contribution in [0.15, 0.2) is 22.3 Å². The van der Waals surface area contributed by atoms with Crippen LogP contribution in [0.4, 0.5) is 0 Å². The van der Waals surface area contributed by atoms with E-state index in [9.17, 15) is 9.59 Å². The maximum atomic E-state index is 12.9. The second kappa shape index (κ2) is 3.28. The molecule has 0 aliphatic heterocycles. The van der Waals surface area contributed by atoms with Crippen molar-refractivity contribution in [3.8, 4) is 0 Å². The average molecular weight is 254 g/mol. The summed E-state index contributed by atoms with van der Waals surface area (Å²) in [6, 6.07) is 0. The summed E-state index contributed by atoms with van der Waals surface area (Å²) in [7, 11) is 0. The molecule has 2 unspecified atom stereocenters. The van der Waals surface area contributed by atoms with E-state index in [0.717, 1.165) is 67.2 Å². The van der Waals surface area contributed by atoms with Crippen LogP contribution in [0.3, 0.4) is 0 Å². The van der Waals surface area contributed by atoms with Gasteiger partial charge in [0.1, 0.15) is 0 Å². The van der Waals surface area contributed by atoms with Crippen molar-refractivity contribution < 1.29 is 9.59 Å². The maximum Gasteiger partial charge on any atom is 0.186 e. The van der Waals surface area contributed by atoms with Crippen LogP contribution in [0, 0.1) is 23.7 Å². The highest BCUT2D eigenvalue weighted by molar-refractivity contribution is 6.27. The van der Waals surface area contributed by atoms with Crippen molar-refractivity contribution in [2.75, 3.05) is 0 Å². The van der Waals surface area contributed by atoms with Crippen LogP contribution in [-0.4, -0.2) is 11.6 Å². The van der Waals surface area contributed by atoms with E-state index in [2.05, 4.69) is 0 Å². The molecule has 4 bridgehead atoms. The molecule has 6 aliphatic rings. The smallest absolute Gasteiger partial charge is 0.186 e. The summed E-state index contributed by atoms with van der Waals surface area (Å²) in [6.07, 6.45) is 7.91. The topological polar surface area (TPSA) is 34.1 Å². The van der Waals surface area contributed by atoms with Crippen molar-refractivity contribution in [1.29, 1.82) is 0 Å². The lowest BCUT2D eigenvalue weighted by atomic mass is 9.60. The van der Waals surface area contributed by atoms with E-state index in [1.165, 1.54) is 0 Å². The van der Waals surface area contributed by atoms with E-state index in [4.69, 9.17) is 0 Å². The summed E-state index contributed by atoms with van der Waals surface area (Å²) < 4.78 is 0. The number of fused-ring (bicyclic) bond motifs is 6. The van der Waals surface area contributed by atoms with Crippen LogP contribution in [0.1, 0.15) is 44.9 Å². The summed E-state index contributed by atoms with van der Waals surface area (Å²) in [5.74, 6) is 2.25. The standard InChI is InChI=1S/C17H18O2/c18-16-12-8-1-2-9(4-3-8)13(12)17(19)15-11-6-5-10(7-11)14(15)16/h8-11H,1-7H2. The zero-order valence-corrected chi connectivity index (χ0v) is 11.1. The fourth-order valence-corrected chi connectivity index (χ4v) is 5.58. The van der Waals surface area contributed by atoms with Gasteiger partial charge in [0.2, 0.25) is 0 Å². The van der Waals surface area contributed by atoms with Crippen molar-refractivity contribution in [3.05, 3.63) is 22.3 Å². The van der Waals surface area contributed by atoms with Crippen LogP contribution in [-0.2, 0) is 9.59 Å². The first-order valence-corrected chi connectivity index (χ1v) is 7.83. The van der Waals surface area contributed by atoms with Gasteiger partial charge in [-0.2, -0.15) is 0 Å². The summed E-state index contributed by atoms with van der Waals surface area (Å²) in [5.41, 5.74) is 3.87. The fourth-order valence-electron chi connectivity index (χ4n) is 5.58. The third-order valence-electron chi connectivity index (χ3n) is 6.35. The third-order valence-corrected chi connectivity index (χ3v) is 6.35. The van der Waals surface area contributed by atoms with E-state index in [1.54, 1.807) is 0 Å². The SMILES string of the molecule is O=C1C2=C(C(=O)C3=C1C1CCC3C1)C1CCC2CC1. The van der Waals surface area contributed by atoms with Gasteiger partial charge in [-0.05, 0) is 68.6 Å². The Morgan fingerprint density at radius 3 is 1.26 bits per heavy atom. The van der Waals surface area contributed by atoms with Crippen molar-refractivity contribution >= 4 is 11.6 Å². The van der Waals surface area contributed by atoms with Crippen molar-refractivity contribution in [2.24, 2.45) is 23.7 Å². The Bertz CT molecular complexity index is 534. The van der Waals surface area contributed by atoms with Gasteiger partial charge in [-0.25, -0.2) is 0 Å². The molecule has 98 valence electrons. The molecule has 0 aromatic rings. The van der Waals surface area contributed by atoms with E-state index in [0.29, 0.717) is 35.2 Å². The average Bonchev–Trinajstić information content (AvgIpc) is 3.06. The van der Waals surface area contributed by atoms with Gasteiger partial charge in [0, 0.05) is 22.3 Å². The lowest BCUT2D eigenvalue weighted by molar-refractivity contribution is -0.118. The Hall–Kier alpha value is -1.18. The van der Waals surface area contributed by atoms with E-state index < -0.39 is 0 Å². The molecule has 19 heavy (non-hydrogen) atoms. The van der Waals surface area contributed by atoms with Crippen LogP contribution < -0.4 is 0 Å². The second-order valence-electron chi connectivity index (χ2n) is 7.07. The van der Waals surface area contributed by atoms with Crippen LogP contribution in [0.25, 0.3) is 0 Å². The molecule has 0 heterocycles.